The van der Waals surface area contributed by atoms with Gasteiger partial charge in [-0.1, -0.05) is 40.7 Å². The lowest BCUT2D eigenvalue weighted by Gasteiger charge is -2.32. The molecular formula is C26H48N4O3. The van der Waals surface area contributed by atoms with Gasteiger partial charge in [-0.2, -0.15) is 10.2 Å². The highest BCUT2D eigenvalue weighted by Gasteiger charge is 2.40. The first kappa shape index (κ1) is 29.4. The van der Waals surface area contributed by atoms with Crippen LogP contribution in [0.5, 0.6) is 0 Å². The first-order chi connectivity index (χ1) is 15.3. The van der Waals surface area contributed by atoms with Crippen LogP contribution in [-0.2, 0) is 14.3 Å². The van der Waals surface area contributed by atoms with E-state index in [0.717, 1.165) is 24.1 Å². The zero-order valence-corrected chi connectivity index (χ0v) is 22.4. The average Bonchev–Trinajstić information content (AvgIpc) is 3.39. The van der Waals surface area contributed by atoms with Crippen LogP contribution in [0.15, 0.2) is 22.0 Å². The zero-order chi connectivity index (χ0) is 25.3. The number of allylic oxidation sites excluding steroid dienone is 2. The molecule has 2 saturated heterocycles. The molecule has 3 aliphatic rings. The van der Waals surface area contributed by atoms with Crippen LogP contribution < -0.4 is 5.73 Å². The molecule has 1 amide bonds. The Morgan fingerprint density at radius 3 is 2.12 bits per heavy atom. The Bertz CT molecular complexity index is 686. The van der Waals surface area contributed by atoms with E-state index < -0.39 is 0 Å². The number of Topliss-reactive ketones (excluding diaryl/α,β-unsaturated/α-hetero) is 1. The number of carbonyl (C=O) groups is 2. The molecule has 1 saturated carbocycles. The molecular weight excluding hydrogens is 416 g/mol. The third-order valence-corrected chi connectivity index (χ3v) is 6.66. The van der Waals surface area contributed by atoms with Gasteiger partial charge in [0.05, 0.1) is 17.8 Å². The zero-order valence-electron chi connectivity index (χ0n) is 22.4. The average molecular weight is 465 g/mol. The lowest BCUT2D eigenvalue weighted by Crippen LogP contribution is -2.45. The molecule has 7 heteroatoms. The second kappa shape index (κ2) is 13.3. The summed E-state index contributed by atoms with van der Waals surface area (Å²) >= 11 is 0. The Morgan fingerprint density at radius 2 is 1.79 bits per heavy atom. The molecule has 0 radical (unpaired) electrons. The molecule has 5 atom stereocenters. The molecule has 1 aliphatic carbocycles. The summed E-state index contributed by atoms with van der Waals surface area (Å²) < 4.78 is 5.27. The molecule has 2 N–H and O–H groups in total. The Morgan fingerprint density at radius 1 is 1.18 bits per heavy atom. The van der Waals surface area contributed by atoms with Crippen molar-refractivity contribution < 1.29 is 14.3 Å². The van der Waals surface area contributed by atoms with Gasteiger partial charge in [0, 0.05) is 38.1 Å². The number of nitrogens with two attached hydrogens (primary N) is 1. The molecule has 0 aromatic carbocycles. The van der Waals surface area contributed by atoms with Gasteiger partial charge in [-0.3, -0.25) is 9.59 Å². The standard InChI is InChI=1S/C13H24N2O2.C7H12N2.C6H12O/c1-8(13(3,4)5)12(17)15-7-10(14)6-11(15)9(2)16;1-3-7(9-8-2)6-4-5-6;1-5-3-6(2)7-4-5/h8,10-11H,6-7,14H2,1-5H3;3,6H,4-5H2,1-2H3;5-6H,3-4H2,1-2H3/b;7-3-,9-8?;. The quantitative estimate of drug-likeness (QED) is 0.592. The Balaban J connectivity index is 0.000000282. The third kappa shape index (κ3) is 10.0. The van der Waals surface area contributed by atoms with Crippen LogP contribution in [0.25, 0.3) is 0 Å². The Labute approximate surface area is 201 Å². The monoisotopic (exact) mass is 464 g/mol. The minimum atomic E-state index is -0.317. The van der Waals surface area contributed by atoms with E-state index in [2.05, 4.69) is 24.1 Å². The van der Waals surface area contributed by atoms with Gasteiger partial charge in [-0.05, 0) is 57.8 Å². The number of hydrogen-bond donors (Lipinski definition) is 1. The van der Waals surface area contributed by atoms with Crippen LogP contribution in [0.1, 0.15) is 81.1 Å². The minimum absolute atomic E-state index is 0.0346. The fourth-order valence-corrected chi connectivity index (χ4v) is 4.02. The fraction of sp³-hybridized carbons (Fsp3) is 0.846. The first-order valence-electron chi connectivity index (χ1n) is 12.5. The summed E-state index contributed by atoms with van der Waals surface area (Å²) in [5.41, 5.74) is 6.93. The van der Waals surface area contributed by atoms with Crippen molar-refractivity contribution in [3.8, 4) is 0 Å². The Hall–Kier alpha value is -1.60. The molecule has 0 spiro atoms. The lowest BCUT2D eigenvalue weighted by atomic mass is 9.81. The van der Waals surface area contributed by atoms with Gasteiger partial charge in [0.25, 0.3) is 0 Å². The van der Waals surface area contributed by atoms with Gasteiger partial charge < -0.3 is 15.4 Å². The molecule has 3 fully saturated rings. The molecule has 7 nitrogen and oxygen atoms in total. The van der Waals surface area contributed by atoms with Crippen molar-refractivity contribution in [2.75, 3.05) is 20.2 Å². The van der Waals surface area contributed by atoms with Crippen LogP contribution in [-0.4, -0.2) is 55.0 Å². The molecule has 2 heterocycles. The lowest BCUT2D eigenvalue weighted by molar-refractivity contribution is -0.142. The van der Waals surface area contributed by atoms with Crippen molar-refractivity contribution in [2.45, 2.75) is 99.3 Å². The maximum absolute atomic E-state index is 12.4. The fourth-order valence-electron chi connectivity index (χ4n) is 4.02. The number of ether oxygens (including phenoxy) is 1. The third-order valence-electron chi connectivity index (χ3n) is 6.66. The molecule has 190 valence electrons. The normalized spacial score (nSPS) is 28.7. The SMILES string of the molecule is C/C=C(\N=NC)C1CC1.CC(=O)C1CC(N)CN1C(=O)C(C)C(C)(C)C.CC1COC(C)C1. The van der Waals surface area contributed by atoms with Gasteiger partial charge in [-0.15, -0.1) is 0 Å². The summed E-state index contributed by atoms with van der Waals surface area (Å²) in [6.07, 6.45) is 7.02. The number of azo groups is 1. The number of carbonyl (C=O) groups excluding carboxylic acids is 2. The predicted molar refractivity (Wildman–Crippen MR) is 134 cm³/mol. The van der Waals surface area contributed by atoms with Crippen molar-refractivity contribution in [1.82, 2.24) is 4.90 Å². The van der Waals surface area contributed by atoms with Crippen molar-refractivity contribution in [3.63, 3.8) is 0 Å². The van der Waals surface area contributed by atoms with Crippen molar-refractivity contribution in [2.24, 2.45) is 39.1 Å². The van der Waals surface area contributed by atoms with Crippen molar-refractivity contribution in [1.29, 1.82) is 0 Å². The number of nitrogens with zero attached hydrogens (tertiary/aromatic N) is 3. The molecule has 3 rings (SSSR count). The van der Waals surface area contributed by atoms with E-state index in [-0.39, 0.29) is 35.1 Å². The van der Waals surface area contributed by atoms with Crippen LogP contribution in [0.4, 0.5) is 0 Å². The van der Waals surface area contributed by atoms with E-state index >= 15 is 0 Å². The Kier molecular flexibility index (Phi) is 11.9. The number of likely N-dealkylation sites (tertiary alicyclic amines) is 1. The molecule has 5 unspecified atom stereocenters. The van der Waals surface area contributed by atoms with Gasteiger partial charge in [0.15, 0.2) is 5.78 Å². The van der Waals surface area contributed by atoms with E-state index in [9.17, 15) is 9.59 Å². The molecule has 0 bridgehead atoms. The van der Waals surface area contributed by atoms with Gasteiger partial charge in [0.1, 0.15) is 0 Å². The van der Waals surface area contributed by atoms with Crippen molar-refractivity contribution >= 4 is 11.7 Å². The maximum atomic E-state index is 12.4. The number of amides is 1. The highest BCUT2D eigenvalue weighted by molar-refractivity contribution is 5.89. The van der Waals surface area contributed by atoms with Gasteiger partial charge in [-0.25, -0.2) is 0 Å². The van der Waals surface area contributed by atoms with E-state index in [4.69, 9.17) is 10.5 Å². The number of ketones is 1. The summed E-state index contributed by atoms with van der Waals surface area (Å²) in [6, 6.07) is -0.387. The second-order valence-electron chi connectivity index (χ2n) is 11.0. The van der Waals surface area contributed by atoms with Crippen molar-refractivity contribution in [3.05, 3.63) is 11.8 Å². The molecule has 0 aromatic heterocycles. The topological polar surface area (TPSA) is 97.4 Å². The number of hydrogen-bond acceptors (Lipinski definition) is 6. The summed E-state index contributed by atoms with van der Waals surface area (Å²) in [7, 11) is 1.71. The summed E-state index contributed by atoms with van der Waals surface area (Å²) in [4.78, 5) is 25.6. The minimum Gasteiger partial charge on any atom is -0.378 e. The molecule has 33 heavy (non-hydrogen) atoms. The van der Waals surface area contributed by atoms with E-state index in [1.165, 1.54) is 26.2 Å². The van der Waals surface area contributed by atoms with Crippen LogP contribution in [0.3, 0.4) is 0 Å². The summed E-state index contributed by atoms with van der Waals surface area (Å²) in [5.74, 6) is 1.52. The molecule has 2 aliphatic heterocycles. The summed E-state index contributed by atoms with van der Waals surface area (Å²) in [6.45, 7) is 17.4. The number of rotatable bonds is 4. The molecule has 0 aromatic rings. The predicted octanol–water partition coefficient (Wildman–Crippen LogP) is 5.00. The van der Waals surface area contributed by atoms with Crippen LogP contribution in [0, 0.1) is 23.2 Å². The van der Waals surface area contributed by atoms with Gasteiger partial charge in [0.2, 0.25) is 5.91 Å². The largest absolute Gasteiger partial charge is 0.378 e. The first-order valence-corrected chi connectivity index (χ1v) is 12.5. The maximum Gasteiger partial charge on any atom is 0.226 e. The van der Waals surface area contributed by atoms with Gasteiger partial charge >= 0.3 is 0 Å². The smallest absolute Gasteiger partial charge is 0.226 e. The van der Waals surface area contributed by atoms with E-state index in [0.29, 0.717) is 19.1 Å². The highest BCUT2D eigenvalue weighted by Crippen LogP contribution is 2.37. The summed E-state index contributed by atoms with van der Waals surface area (Å²) in [5, 5.41) is 7.72. The van der Waals surface area contributed by atoms with Crippen LogP contribution >= 0.6 is 0 Å². The van der Waals surface area contributed by atoms with E-state index in [1.54, 1.807) is 11.9 Å². The highest BCUT2D eigenvalue weighted by atomic mass is 16.5. The van der Waals surface area contributed by atoms with E-state index in [1.807, 2.05) is 40.7 Å². The second-order valence-corrected chi connectivity index (χ2v) is 11.0. The van der Waals surface area contributed by atoms with Crippen LogP contribution in [0.2, 0.25) is 0 Å².